The smallest absolute Gasteiger partial charge is 0.407 e. The highest BCUT2D eigenvalue weighted by molar-refractivity contribution is 6.31. The van der Waals surface area contributed by atoms with E-state index in [0.29, 0.717) is 17.3 Å². The molecular weight excluding hydrogens is 298 g/mol. The van der Waals surface area contributed by atoms with Crippen molar-refractivity contribution in [1.82, 2.24) is 5.32 Å². The molecule has 116 valence electrons. The van der Waals surface area contributed by atoms with E-state index < -0.39 is 16.6 Å². The average molecular weight is 316 g/mol. The first-order valence-corrected chi connectivity index (χ1v) is 6.71. The molecule has 1 rings (SSSR count). The molecule has 7 nitrogen and oxygen atoms in total. The number of halogens is 1. The number of hydrogen-bond donors (Lipinski definition) is 2. The molecule has 0 radical (unpaired) electrons. The van der Waals surface area contributed by atoms with Gasteiger partial charge in [0.15, 0.2) is 0 Å². The van der Waals surface area contributed by atoms with Gasteiger partial charge in [-0.15, -0.1) is 0 Å². The summed E-state index contributed by atoms with van der Waals surface area (Å²) >= 11 is 5.81. The van der Waals surface area contributed by atoms with Gasteiger partial charge >= 0.3 is 6.09 Å². The Morgan fingerprint density at radius 1 is 1.38 bits per heavy atom. The highest BCUT2D eigenvalue weighted by Crippen LogP contribution is 2.27. The Bertz CT molecular complexity index is 529. The number of amides is 1. The molecule has 0 heterocycles. The van der Waals surface area contributed by atoms with E-state index in [-0.39, 0.29) is 12.2 Å². The lowest BCUT2D eigenvalue weighted by atomic mass is 10.2. The SMILES string of the molecule is CC(C)(C)OC(=O)NCCNc1cc(Cl)ccc1[N+](=O)[O-]. The van der Waals surface area contributed by atoms with Gasteiger partial charge in [-0.25, -0.2) is 4.79 Å². The molecular formula is C13H18ClN3O4. The summed E-state index contributed by atoms with van der Waals surface area (Å²) in [6, 6.07) is 4.24. The topological polar surface area (TPSA) is 93.5 Å². The van der Waals surface area contributed by atoms with Crippen molar-refractivity contribution in [1.29, 1.82) is 0 Å². The molecule has 0 aliphatic carbocycles. The van der Waals surface area contributed by atoms with Crippen molar-refractivity contribution >= 4 is 29.1 Å². The normalized spacial score (nSPS) is 10.9. The third kappa shape index (κ3) is 6.31. The lowest BCUT2D eigenvalue weighted by Crippen LogP contribution is -2.35. The summed E-state index contributed by atoms with van der Waals surface area (Å²) in [5.41, 5.74) is -0.335. The van der Waals surface area contributed by atoms with E-state index in [2.05, 4.69) is 10.6 Å². The largest absolute Gasteiger partial charge is 0.444 e. The van der Waals surface area contributed by atoms with Crippen LogP contribution in [0.25, 0.3) is 0 Å². The Kier molecular flexibility index (Phi) is 5.78. The van der Waals surface area contributed by atoms with Crippen LogP contribution in [0, 0.1) is 10.1 Å². The molecule has 0 aliphatic heterocycles. The number of nitrogens with one attached hydrogen (secondary N) is 2. The highest BCUT2D eigenvalue weighted by atomic mass is 35.5. The zero-order valence-corrected chi connectivity index (χ0v) is 12.9. The van der Waals surface area contributed by atoms with Gasteiger partial charge in [0.1, 0.15) is 11.3 Å². The van der Waals surface area contributed by atoms with Crippen LogP contribution in [0.3, 0.4) is 0 Å². The predicted molar refractivity (Wildman–Crippen MR) is 80.8 cm³/mol. The summed E-state index contributed by atoms with van der Waals surface area (Å²) in [6.07, 6.45) is -0.537. The number of carbonyl (C=O) groups excluding carboxylic acids is 1. The Hall–Kier alpha value is -2.02. The standard InChI is InChI=1S/C13H18ClN3O4/c1-13(2,3)21-12(18)16-7-6-15-10-8-9(14)4-5-11(10)17(19)20/h4-5,8,15H,6-7H2,1-3H3,(H,16,18). The molecule has 0 atom stereocenters. The van der Waals surface area contributed by atoms with Gasteiger partial charge in [0.2, 0.25) is 0 Å². The lowest BCUT2D eigenvalue weighted by Gasteiger charge is -2.19. The molecule has 8 heteroatoms. The van der Waals surface area contributed by atoms with Gasteiger partial charge in [0.05, 0.1) is 4.92 Å². The molecule has 21 heavy (non-hydrogen) atoms. The quantitative estimate of drug-likeness (QED) is 0.494. The van der Waals surface area contributed by atoms with E-state index in [1.54, 1.807) is 20.8 Å². The second-order valence-electron chi connectivity index (χ2n) is 5.27. The van der Waals surface area contributed by atoms with Gasteiger partial charge in [0.25, 0.3) is 5.69 Å². The number of carbonyl (C=O) groups is 1. The number of benzene rings is 1. The maximum Gasteiger partial charge on any atom is 0.407 e. The van der Waals surface area contributed by atoms with Crippen LogP contribution in [-0.4, -0.2) is 29.7 Å². The molecule has 0 saturated heterocycles. The summed E-state index contributed by atoms with van der Waals surface area (Å²) in [4.78, 5) is 21.8. The molecule has 0 saturated carbocycles. The molecule has 0 fully saturated rings. The van der Waals surface area contributed by atoms with Crippen LogP contribution in [0.15, 0.2) is 18.2 Å². The van der Waals surface area contributed by atoms with Crippen molar-refractivity contribution in [3.63, 3.8) is 0 Å². The van der Waals surface area contributed by atoms with Crippen LogP contribution in [0.2, 0.25) is 5.02 Å². The van der Waals surface area contributed by atoms with Crippen molar-refractivity contribution in [2.75, 3.05) is 18.4 Å². The average Bonchev–Trinajstić information content (AvgIpc) is 2.32. The minimum Gasteiger partial charge on any atom is -0.444 e. The van der Waals surface area contributed by atoms with E-state index in [0.717, 1.165) is 0 Å². The predicted octanol–water partition coefficient (Wildman–Crippen LogP) is 3.18. The van der Waals surface area contributed by atoms with Gasteiger partial charge in [0, 0.05) is 24.2 Å². The maximum atomic E-state index is 11.4. The number of nitro benzene ring substituents is 1. The summed E-state index contributed by atoms with van der Waals surface area (Å²) < 4.78 is 5.06. The van der Waals surface area contributed by atoms with E-state index in [9.17, 15) is 14.9 Å². The van der Waals surface area contributed by atoms with Crippen molar-refractivity contribution in [2.45, 2.75) is 26.4 Å². The molecule has 0 bridgehead atoms. The van der Waals surface area contributed by atoms with Crippen molar-refractivity contribution < 1.29 is 14.5 Å². The van der Waals surface area contributed by atoms with Gasteiger partial charge in [-0.2, -0.15) is 0 Å². The Morgan fingerprint density at radius 3 is 2.62 bits per heavy atom. The minimum absolute atomic E-state index is 0.0725. The second kappa shape index (κ2) is 7.12. The van der Waals surface area contributed by atoms with E-state index in [1.165, 1.54) is 18.2 Å². The Morgan fingerprint density at radius 2 is 2.05 bits per heavy atom. The highest BCUT2D eigenvalue weighted by Gasteiger charge is 2.16. The monoisotopic (exact) mass is 315 g/mol. The first-order valence-electron chi connectivity index (χ1n) is 6.34. The van der Waals surface area contributed by atoms with Crippen LogP contribution in [0.5, 0.6) is 0 Å². The zero-order valence-electron chi connectivity index (χ0n) is 12.1. The fourth-order valence-electron chi connectivity index (χ4n) is 1.48. The second-order valence-corrected chi connectivity index (χ2v) is 5.71. The molecule has 2 N–H and O–H groups in total. The van der Waals surface area contributed by atoms with Crippen molar-refractivity contribution in [3.8, 4) is 0 Å². The Balaban J connectivity index is 2.48. The first kappa shape index (κ1) is 17.0. The molecule has 0 aromatic heterocycles. The van der Waals surface area contributed by atoms with Gasteiger partial charge in [-0.1, -0.05) is 11.6 Å². The molecule has 1 amide bonds. The Labute approximate surface area is 127 Å². The number of alkyl carbamates (subject to hydrolysis) is 1. The van der Waals surface area contributed by atoms with Gasteiger partial charge in [-0.3, -0.25) is 10.1 Å². The van der Waals surface area contributed by atoms with Crippen molar-refractivity contribution in [2.24, 2.45) is 0 Å². The van der Waals surface area contributed by atoms with Crippen molar-refractivity contribution in [3.05, 3.63) is 33.3 Å². The minimum atomic E-state index is -0.566. The molecule has 0 unspecified atom stereocenters. The number of anilines is 1. The van der Waals surface area contributed by atoms with Crippen LogP contribution < -0.4 is 10.6 Å². The molecule has 1 aromatic rings. The zero-order chi connectivity index (χ0) is 16.0. The van der Waals surface area contributed by atoms with Crippen LogP contribution in [0.1, 0.15) is 20.8 Å². The summed E-state index contributed by atoms with van der Waals surface area (Å²) in [5.74, 6) is 0. The molecule has 0 aliphatic rings. The summed E-state index contributed by atoms with van der Waals surface area (Å²) in [7, 11) is 0. The number of nitrogens with zero attached hydrogens (tertiary/aromatic N) is 1. The van der Waals surface area contributed by atoms with E-state index >= 15 is 0 Å². The van der Waals surface area contributed by atoms with Crippen LogP contribution >= 0.6 is 11.6 Å². The fraction of sp³-hybridized carbons (Fsp3) is 0.462. The number of nitro groups is 1. The summed E-state index contributed by atoms with van der Waals surface area (Å²) in [6.45, 7) is 5.86. The number of ether oxygens (including phenoxy) is 1. The van der Waals surface area contributed by atoms with E-state index in [1.807, 2.05) is 0 Å². The van der Waals surface area contributed by atoms with Crippen LogP contribution in [0.4, 0.5) is 16.2 Å². The third-order valence-corrected chi connectivity index (χ3v) is 2.50. The van der Waals surface area contributed by atoms with E-state index in [4.69, 9.17) is 16.3 Å². The molecule has 1 aromatic carbocycles. The number of hydrogen-bond acceptors (Lipinski definition) is 5. The lowest BCUT2D eigenvalue weighted by molar-refractivity contribution is -0.384. The molecule has 0 spiro atoms. The van der Waals surface area contributed by atoms with Gasteiger partial charge < -0.3 is 15.4 Å². The number of rotatable bonds is 5. The first-order chi connectivity index (χ1) is 9.69. The third-order valence-electron chi connectivity index (χ3n) is 2.26. The summed E-state index contributed by atoms with van der Waals surface area (Å²) in [5, 5.41) is 16.7. The van der Waals surface area contributed by atoms with Gasteiger partial charge in [-0.05, 0) is 32.9 Å². The maximum absolute atomic E-state index is 11.4. The van der Waals surface area contributed by atoms with Crippen LogP contribution in [-0.2, 0) is 4.74 Å². The fourth-order valence-corrected chi connectivity index (χ4v) is 1.66.